The van der Waals surface area contributed by atoms with Crippen molar-refractivity contribution < 1.29 is 18.8 Å². The summed E-state index contributed by atoms with van der Waals surface area (Å²) < 4.78 is 27.6. The number of aliphatic hydroxyl groups is 1. The number of nitro benzene ring substituents is 1. The summed E-state index contributed by atoms with van der Waals surface area (Å²) in [6.45, 7) is 2.28. The van der Waals surface area contributed by atoms with E-state index >= 15 is 0 Å². The fourth-order valence-corrected chi connectivity index (χ4v) is 2.17. The summed E-state index contributed by atoms with van der Waals surface area (Å²) in [5.41, 5.74) is -1.70. The first-order valence-electron chi connectivity index (χ1n) is 5.91. The van der Waals surface area contributed by atoms with Crippen molar-refractivity contribution in [2.75, 3.05) is 18.0 Å². The highest BCUT2D eigenvalue weighted by molar-refractivity contribution is 5.54. The number of nitro groups is 1. The third-order valence-electron chi connectivity index (χ3n) is 3.37. The third kappa shape index (κ3) is 2.81. The number of hydrogen-bond donors (Lipinski definition) is 1. The third-order valence-corrected chi connectivity index (χ3v) is 3.37. The predicted molar refractivity (Wildman–Crippen MR) is 65.1 cm³/mol. The average molecular weight is 272 g/mol. The van der Waals surface area contributed by atoms with Crippen LogP contribution in [0, 0.1) is 21.7 Å². The summed E-state index contributed by atoms with van der Waals surface area (Å²) in [4.78, 5) is 11.1. The molecule has 0 bridgehead atoms. The minimum atomic E-state index is -0.951. The van der Waals surface area contributed by atoms with Crippen molar-refractivity contribution in [1.82, 2.24) is 0 Å². The number of benzene rings is 1. The maximum absolute atomic E-state index is 13.8. The lowest BCUT2D eigenvalue weighted by molar-refractivity contribution is -0.385. The van der Waals surface area contributed by atoms with Crippen LogP contribution in [0.5, 0.6) is 0 Å². The van der Waals surface area contributed by atoms with Gasteiger partial charge >= 0.3 is 0 Å². The highest BCUT2D eigenvalue weighted by Gasteiger charge is 2.30. The predicted octanol–water partition coefficient (Wildman–Crippen LogP) is 2.22. The van der Waals surface area contributed by atoms with Crippen LogP contribution in [0.2, 0.25) is 0 Å². The lowest BCUT2D eigenvalue weighted by atomic mass is 9.93. The normalized spacial score (nSPS) is 18.4. The quantitative estimate of drug-likeness (QED) is 0.662. The number of hydrogen-bond acceptors (Lipinski definition) is 4. The zero-order chi connectivity index (χ0) is 14.2. The molecule has 0 atom stereocenters. The van der Waals surface area contributed by atoms with Crippen LogP contribution in [-0.2, 0) is 0 Å². The molecule has 1 fully saturated rings. The Balaban J connectivity index is 2.29. The average Bonchev–Trinajstić information content (AvgIpc) is 2.30. The second-order valence-electron chi connectivity index (χ2n) is 5.00. The molecule has 104 valence electrons. The summed E-state index contributed by atoms with van der Waals surface area (Å²) in [5.74, 6) is -1.90. The van der Waals surface area contributed by atoms with Crippen LogP contribution in [0.4, 0.5) is 20.2 Å². The molecule has 1 N–H and O–H groups in total. The van der Waals surface area contributed by atoms with Crippen molar-refractivity contribution in [3.05, 3.63) is 33.9 Å². The van der Waals surface area contributed by atoms with Gasteiger partial charge in [0.2, 0.25) is 0 Å². The first-order valence-corrected chi connectivity index (χ1v) is 5.91. The van der Waals surface area contributed by atoms with Gasteiger partial charge < -0.3 is 10.0 Å². The van der Waals surface area contributed by atoms with Gasteiger partial charge in [-0.3, -0.25) is 10.1 Å². The van der Waals surface area contributed by atoms with Gasteiger partial charge in [-0.05, 0) is 19.8 Å². The van der Waals surface area contributed by atoms with Crippen molar-refractivity contribution in [2.24, 2.45) is 0 Å². The summed E-state index contributed by atoms with van der Waals surface area (Å²) in [6, 6.07) is 1.43. The standard InChI is InChI=1S/C12H14F2N2O3/c1-12(17)2-4-15(5-3-12)11-9(13)6-8(16(18)19)7-10(11)14/h6-7,17H,2-5H2,1H3. The molecule has 5 nitrogen and oxygen atoms in total. The van der Waals surface area contributed by atoms with Gasteiger partial charge in [0.25, 0.3) is 5.69 Å². The molecule has 1 aliphatic rings. The van der Waals surface area contributed by atoms with Crippen molar-refractivity contribution in [2.45, 2.75) is 25.4 Å². The van der Waals surface area contributed by atoms with E-state index in [0.717, 1.165) is 0 Å². The van der Waals surface area contributed by atoms with E-state index < -0.39 is 27.8 Å². The number of rotatable bonds is 2. The zero-order valence-electron chi connectivity index (χ0n) is 10.4. The second kappa shape index (κ2) is 4.73. The Kier molecular flexibility index (Phi) is 3.40. The van der Waals surface area contributed by atoms with E-state index in [1.54, 1.807) is 6.92 Å². The first kappa shape index (κ1) is 13.7. The van der Waals surface area contributed by atoms with E-state index in [9.17, 15) is 24.0 Å². The van der Waals surface area contributed by atoms with Crippen LogP contribution in [0.1, 0.15) is 19.8 Å². The maximum atomic E-state index is 13.8. The van der Waals surface area contributed by atoms with Gasteiger partial charge in [0.15, 0.2) is 11.6 Å². The summed E-state index contributed by atoms with van der Waals surface area (Å²) in [6.07, 6.45) is 0.783. The van der Waals surface area contributed by atoms with Crippen molar-refractivity contribution in [1.29, 1.82) is 0 Å². The number of nitrogens with zero attached hydrogens (tertiary/aromatic N) is 2. The molecular formula is C12H14F2N2O3. The molecule has 19 heavy (non-hydrogen) atoms. The fraction of sp³-hybridized carbons (Fsp3) is 0.500. The Morgan fingerprint density at radius 2 is 1.79 bits per heavy atom. The molecule has 1 aliphatic heterocycles. The van der Waals surface area contributed by atoms with Gasteiger partial charge in [0.05, 0.1) is 22.7 Å². The topological polar surface area (TPSA) is 66.6 Å². The van der Waals surface area contributed by atoms with Crippen molar-refractivity contribution in [3.63, 3.8) is 0 Å². The molecule has 0 spiro atoms. The SMILES string of the molecule is CC1(O)CCN(c2c(F)cc([N+](=O)[O-])cc2F)CC1. The van der Waals surface area contributed by atoms with Crippen LogP contribution < -0.4 is 4.90 Å². The Labute approximate surface area is 108 Å². The second-order valence-corrected chi connectivity index (χ2v) is 5.00. The summed E-state index contributed by atoms with van der Waals surface area (Å²) in [5, 5.41) is 20.3. The summed E-state index contributed by atoms with van der Waals surface area (Å²) >= 11 is 0. The molecule has 0 radical (unpaired) electrons. The molecular weight excluding hydrogens is 258 g/mol. The van der Waals surface area contributed by atoms with Crippen LogP contribution in [0.25, 0.3) is 0 Å². The molecule has 1 aromatic carbocycles. The number of non-ortho nitro benzene ring substituents is 1. The van der Waals surface area contributed by atoms with E-state index in [-0.39, 0.29) is 5.69 Å². The molecule has 0 aliphatic carbocycles. The Hall–Kier alpha value is -1.76. The molecule has 0 saturated carbocycles. The van der Waals surface area contributed by atoms with E-state index in [4.69, 9.17) is 0 Å². The monoisotopic (exact) mass is 272 g/mol. The van der Waals surface area contributed by atoms with Gasteiger partial charge in [0.1, 0.15) is 5.69 Å². The van der Waals surface area contributed by atoms with Gasteiger partial charge in [-0.15, -0.1) is 0 Å². The van der Waals surface area contributed by atoms with Gasteiger partial charge in [-0.25, -0.2) is 8.78 Å². The van der Waals surface area contributed by atoms with Crippen molar-refractivity contribution >= 4 is 11.4 Å². The molecule has 1 aromatic rings. The number of anilines is 1. The van der Waals surface area contributed by atoms with Gasteiger partial charge in [-0.2, -0.15) is 0 Å². The maximum Gasteiger partial charge on any atom is 0.275 e. The molecule has 2 rings (SSSR count). The van der Waals surface area contributed by atoms with E-state index in [1.165, 1.54) is 4.90 Å². The minimum absolute atomic E-state index is 0.263. The minimum Gasteiger partial charge on any atom is -0.390 e. The largest absolute Gasteiger partial charge is 0.390 e. The Morgan fingerprint density at radius 1 is 1.32 bits per heavy atom. The van der Waals surface area contributed by atoms with E-state index in [1.807, 2.05) is 0 Å². The highest BCUT2D eigenvalue weighted by Crippen LogP contribution is 2.32. The number of piperidine rings is 1. The van der Waals surface area contributed by atoms with Crippen LogP contribution in [-0.4, -0.2) is 28.7 Å². The lowest BCUT2D eigenvalue weighted by Gasteiger charge is -2.37. The van der Waals surface area contributed by atoms with Crippen molar-refractivity contribution in [3.8, 4) is 0 Å². The number of halogens is 2. The molecule has 0 unspecified atom stereocenters. The zero-order valence-corrected chi connectivity index (χ0v) is 10.4. The van der Waals surface area contributed by atoms with Gasteiger partial charge in [-0.1, -0.05) is 0 Å². The molecule has 1 saturated heterocycles. The molecule has 0 aromatic heterocycles. The molecule has 0 amide bonds. The first-order chi connectivity index (χ1) is 8.80. The van der Waals surface area contributed by atoms with Crippen LogP contribution >= 0.6 is 0 Å². The summed E-state index contributed by atoms with van der Waals surface area (Å²) in [7, 11) is 0. The van der Waals surface area contributed by atoms with E-state index in [0.29, 0.717) is 38.1 Å². The lowest BCUT2D eigenvalue weighted by Crippen LogP contribution is -2.43. The Bertz CT molecular complexity index is 487. The fourth-order valence-electron chi connectivity index (χ4n) is 2.17. The highest BCUT2D eigenvalue weighted by atomic mass is 19.1. The van der Waals surface area contributed by atoms with Gasteiger partial charge in [0, 0.05) is 13.1 Å². The Morgan fingerprint density at radius 3 is 2.21 bits per heavy atom. The smallest absolute Gasteiger partial charge is 0.275 e. The molecule has 1 heterocycles. The van der Waals surface area contributed by atoms with Crippen LogP contribution in [0.3, 0.4) is 0 Å². The van der Waals surface area contributed by atoms with E-state index in [2.05, 4.69) is 0 Å². The van der Waals surface area contributed by atoms with Crippen LogP contribution in [0.15, 0.2) is 12.1 Å². The molecule has 7 heteroatoms.